The first-order chi connectivity index (χ1) is 22.3. The molecule has 0 unspecified atom stereocenters. The molecule has 0 spiro atoms. The molecular weight excluding hydrogens is 614 g/mol. The molecular formula is C37H43N3O6S. The van der Waals surface area contributed by atoms with Crippen molar-refractivity contribution in [3.63, 3.8) is 0 Å². The molecule has 0 radical (unpaired) electrons. The van der Waals surface area contributed by atoms with Gasteiger partial charge in [-0.25, -0.2) is 8.42 Å². The predicted molar refractivity (Wildman–Crippen MR) is 184 cm³/mol. The Morgan fingerprint density at radius 2 is 1.45 bits per heavy atom. The first-order valence-electron chi connectivity index (χ1n) is 15.3. The molecule has 0 aliphatic carbocycles. The topological polar surface area (TPSA) is 105 Å². The van der Waals surface area contributed by atoms with Gasteiger partial charge in [-0.1, -0.05) is 78.4 Å². The minimum absolute atomic E-state index is 0.00535. The minimum atomic E-state index is -4.30. The second kappa shape index (κ2) is 15.2. The molecule has 4 aromatic carbocycles. The highest BCUT2D eigenvalue weighted by molar-refractivity contribution is 7.92. The van der Waals surface area contributed by atoms with E-state index in [1.165, 1.54) is 37.3 Å². The molecule has 0 bridgehead atoms. The van der Waals surface area contributed by atoms with Crippen LogP contribution in [0.2, 0.25) is 0 Å². The van der Waals surface area contributed by atoms with E-state index in [0.29, 0.717) is 5.75 Å². The summed E-state index contributed by atoms with van der Waals surface area (Å²) in [5, 5.41) is 3.05. The Bertz CT molecular complexity index is 1770. The van der Waals surface area contributed by atoms with Crippen LogP contribution in [0, 0.1) is 6.92 Å². The zero-order valence-electron chi connectivity index (χ0n) is 27.8. The number of carbonyl (C=O) groups excluding carboxylic acids is 2. The second-order valence-corrected chi connectivity index (χ2v) is 14.2. The zero-order valence-corrected chi connectivity index (χ0v) is 28.6. The molecule has 248 valence electrons. The van der Waals surface area contributed by atoms with Gasteiger partial charge >= 0.3 is 0 Å². The Balaban J connectivity index is 1.87. The number of sulfonamides is 1. The third kappa shape index (κ3) is 9.13. The average Bonchev–Trinajstić information content (AvgIpc) is 3.04. The van der Waals surface area contributed by atoms with E-state index in [1.807, 2.05) is 82.3 Å². The summed E-state index contributed by atoms with van der Waals surface area (Å²) >= 11 is 0. The van der Waals surface area contributed by atoms with Crippen molar-refractivity contribution in [2.45, 2.75) is 57.1 Å². The molecule has 0 aromatic heterocycles. The molecule has 0 saturated heterocycles. The maximum Gasteiger partial charge on any atom is 0.264 e. The Hall–Kier alpha value is -4.83. The summed E-state index contributed by atoms with van der Waals surface area (Å²) in [7, 11) is -1.41. The fourth-order valence-electron chi connectivity index (χ4n) is 5.24. The Kier molecular flexibility index (Phi) is 11.3. The number of aryl methyl sites for hydroxylation is 1. The lowest BCUT2D eigenvalue weighted by Crippen LogP contribution is -2.56. The molecule has 1 N–H and O–H groups in total. The zero-order chi connectivity index (χ0) is 34.2. The third-order valence-electron chi connectivity index (χ3n) is 7.47. The van der Waals surface area contributed by atoms with Crippen LogP contribution in [0.25, 0.3) is 0 Å². The molecule has 9 nitrogen and oxygen atoms in total. The molecule has 0 aliphatic rings. The Labute approximate surface area is 278 Å². The van der Waals surface area contributed by atoms with Gasteiger partial charge in [0, 0.05) is 24.6 Å². The summed E-state index contributed by atoms with van der Waals surface area (Å²) in [5.74, 6) is -0.307. The molecule has 4 aromatic rings. The van der Waals surface area contributed by atoms with Crippen LogP contribution in [0.1, 0.15) is 37.5 Å². The molecule has 1 atom stereocenters. The van der Waals surface area contributed by atoms with Crippen molar-refractivity contribution in [3.8, 4) is 11.5 Å². The van der Waals surface area contributed by atoms with Crippen molar-refractivity contribution in [3.05, 3.63) is 120 Å². The number of amides is 2. The van der Waals surface area contributed by atoms with Crippen LogP contribution in [0.5, 0.6) is 11.5 Å². The van der Waals surface area contributed by atoms with Crippen molar-refractivity contribution < 1.29 is 27.5 Å². The monoisotopic (exact) mass is 657 g/mol. The number of hydrogen-bond acceptors (Lipinski definition) is 6. The summed E-state index contributed by atoms with van der Waals surface area (Å²) in [6.07, 6.45) is 0.216. The van der Waals surface area contributed by atoms with Crippen LogP contribution < -0.4 is 19.1 Å². The van der Waals surface area contributed by atoms with Crippen molar-refractivity contribution in [2.75, 3.05) is 25.1 Å². The fraction of sp³-hybridized carbons (Fsp3) is 0.297. The molecule has 2 amide bonds. The van der Waals surface area contributed by atoms with Crippen molar-refractivity contribution in [1.82, 2.24) is 10.2 Å². The summed E-state index contributed by atoms with van der Waals surface area (Å²) in [5.41, 5.74) is 2.19. The number of benzene rings is 4. The van der Waals surface area contributed by atoms with Gasteiger partial charge < -0.3 is 19.7 Å². The van der Waals surface area contributed by atoms with Crippen LogP contribution in [-0.2, 0) is 32.6 Å². The number of carbonyl (C=O) groups is 2. The molecule has 10 heteroatoms. The molecule has 47 heavy (non-hydrogen) atoms. The van der Waals surface area contributed by atoms with E-state index in [9.17, 15) is 18.0 Å². The summed E-state index contributed by atoms with van der Waals surface area (Å²) in [6, 6.07) is 28.8. The lowest BCUT2D eigenvalue weighted by atomic mass is 10.0. The number of methoxy groups -OCH3 is 2. The van der Waals surface area contributed by atoms with Crippen LogP contribution in [0.4, 0.5) is 5.69 Å². The van der Waals surface area contributed by atoms with Gasteiger partial charge in [0.25, 0.3) is 10.0 Å². The number of anilines is 1. The van der Waals surface area contributed by atoms with Crippen molar-refractivity contribution >= 4 is 27.5 Å². The van der Waals surface area contributed by atoms with Crippen LogP contribution >= 0.6 is 0 Å². The van der Waals surface area contributed by atoms with Gasteiger partial charge in [-0.05, 0) is 63.1 Å². The van der Waals surface area contributed by atoms with E-state index < -0.39 is 34.1 Å². The average molecular weight is 658 g/mol. The maximum absolute atomic E-state index is 14.7. The van der Waals surface area contributed by atoms with Gasteiger partial charge in [0.2, 0.25) is 11.8 Å². The second-order valence-electron chi connectivity index (χ2n) is 12.3. The molecule has 0 aliphatic heterocycles. The summed E-state index contributed by atoms with van der Waals surface area (Å²) < 4.78 is 40.7. The van der Waals surface area contributed by atoms with E-state index in [4.69, 9.17) is 9.47 Å². The number of hydrogen-bond donors (Lipinski definition) is 1. The van der Waals surface area contributed by atoms with E-state index >= 15 is 0 Å². The number of rotatable bonds is 13. The number of ether oxygens (including phenoxy) is 2. The molecule has 0 fully saturated rings. The summed E-state index contributed by atoms with van der Waals surface area (Å²) in [6.45, 7) is 7.04. The predicted octanol–water partition coefficient (Wildman–Crippen LogP) is 5.76. The first kappa shape index (κ1) is 35.0. The van der Waals surface area contributed by atoms with Gasteiger partial charge in [-0.2, -0.15) is 0 Å². The Morgan fingerprint density at radius 3 is 2.04 bits per heavy atom. The van der Waals surface area contributed by atoms with Crippen molar-refractivity contribution in [2.24, 2.45) is 0 Å². The molecule has 4 rings (SSSR count). The van der Waals surface area contributed by atoms with Crippen molar-refractivity contribution in [1.29, 1.82) is 0 Å². The largest absolute Gasteiger partial charge is 0.497 e. The van der Waals surface area contributed by atoms with Gasteiger partial charge in [-0.3, -0.25) is 13.9 Å². The highest BCUT2D eigenvalue weighted by Crippen LogP contribution is 2.36. The normalized spacial score (nSPS) is 12.1. The highest BCUT2D eigenvalue weighted by atomic mass is 32.2. The minimum Gasteiger partial charge on any atom is -0.497 e. The lowest BCUT2D eigenvalue weighted by Gasteiger charge is -2.35. The SMILES string of the molecule is COc1ccc(OC)c(N(CC(=O)N(Cc2cccc(C)c2)[C@H](Cc2ccccc2)C(=O)NC(C)(C)C)S(=O)(=O)c2ccccc2)c1. The van der Waals surface area contributed by atoms with Gasteiger partial charge in [0.05, 0.1) is 24.8 Å². The van der Waals surface area contributed by atoms with Crippen LogP contribution in [0.3, 0.4) is 0 Å². The van der Waals surface area contributed by atoms with E-state index in [0.717, 1.165) is 21.0 Å². The Morgan fingerprint density at radius 1 is 0.809 bits per heavy atom. The van der Waals surface area contributed by atoms with Gasteiger partial charge in [-0.15, -0.1) is 0 Å². The van der Waals surface area contributed by atoms with Gasteiger partial charge in [0.15, 0.2) is 0 Å². The van der Waals surface area contributed by atoms with Crippen LogP contribution in [-0.4, -0.2) is 57.5 Å². The van der Waals surface area contributed by atoms with E-state index in [1.54, 1.807) is 30.3 Å². The standard InChI is InChI=1S/C37H43N3O6S/c1-27-14-13-17-29(22-27)25-39(33(36(42)38-37(2,3)4)23-28-15-9-7-10-16-28)35(41)26-40(47(43,44)31-18-11-8-12-19-31)32-24-30(45-5)20-21-34(32)46-6/h7-22,24,33H,23,25-26H2,1-6H3,(H,38,42)/t33-/m1/s1. The maximum atomic E-state index is 14.7. The fourth-order valence-corrected chi connectivity index (χ4v) is 6.68. The van der Waals surface area contributed by atoms with E-state index in [-0.39, 0.29) is 35.2 Å². The van der Waals surface area contributed by atoms with E-state index in [2.05, 4.69) is 5.32 Å². The smallest absolute Gasteiger partial charge is 0.264 e. The number of nitrogens with one attached hydrogen (secondary N) is 1. The first-order valence-corrected chi connectivity index (χ1v) is 16.8. The number of nitrogens with zero attached hydrogens (tertiary/aromatic N) is 2. The molecule has 0 saturated carbocycles. The highest BCUT2D eigenvalue weighted by Gasteiger charge is 2.36. The van der Waals surface area contributed by atoms with Gasteiger partial charge in [0.1, 0.15) is 24.1 Å². The molecule has 0 heterocycles. The third-order valence-corrected chi connectivity index (χ3v) is 9.24. The lowest BCUT2D eigenvalue weighted by molar-refractivity contribution is -0.140. The quantitative estimate of drug-likeness (QED) is 0.196. The summed E-state index contributed by atoms with van der Waals surface area (Å²) in [4.78, 5) is 30.2. The van der Waals surface area contributed by atoms with Crippen LogP contribution in [0.15, 0.2) is 108 Å².